The van der Waals surface area contributed by atoms with E-state index >= 15 is 0 Å². The van der Waals surface area contributed by atoms with Gasteiger partial charge < -0.3 is 10.2 Å². The maximum absolute atomic E-state index is 12.5. The molecule has 0 aliphatic heterocycles. The van der Waals surface area contributed by atoms with E-state index in [0.717, 1.165) is 12.8 Å². The predicted molar refractivity (Wildman–Crippen MR) is 81.4 cm³/mol. The fraction of sp³-hybridized carbons (Fsp3) is 0.692. The number of hydrogen-bond donors (Lipinski definition) is 2. The van der Waals surface area contributed by atoms with Crippen molar-refractivity contribution in [1.82, 2.24) is 4.72 Å². The topological polar surface area (TPSA) is 85.3 Å². The first-order chi connectivity index (χ1) is 9.35. The normalized spacial score (nSPS) is 18.0. The van der Waals surface area contributed by atoms with Gasteiger partial charge in [0.25, 0.3) is 0 Å². The van der Waals surface area contributed by atoms with E-state index in [1.165, 1.54) is 6.42 Å². The van der Waals surface area contributed by atoms with Gasteiger partial charge in [-0.25, -0.2) is 13.1 Å². The second kappa shape index (κ2) is 5.71. The largest absolute Gasteiger partial charge is 0.465 e. The van der Waals surface area contributed by atoms with Crippen molar-refractivity contribution in [3.05, 3.63) is 17.1 Å². The first kappa shape index (κ1) is 15.9. The molecule has 3 N–H and O–H groups in total. The molecule has 0 saturated heterocycles. The molecule has 1 aliphatic carbocycles. The van der Waals surface area contributed by atoms with Crippen molar-refractivity contribution in [3.8, 4) is 0 Å². The van der Waals surface area contributed by atoms with E-state index in [-0.39, 0.29) is 16.2 Å². The summed E-state index contributed by atoms with van der Waals surface area (Å²) in [7, 11) is -3.57. The Labute approximate surface area is 124 Å². The third-order valence-corrected chi connectivity index (χ3v) is 7.09. The molecule has 114 valence electrons. The summed E-state index contributed by atoms with van der Waals surface area (Å²) in [6, 6.07) is 0. The minimum Gasteiger partial charge on any atom is -0.465 e. The molecule has 1 aliphatic rings. The lowest BCUT2D eigenvalue weighted by Gasteiger charge is -2.40. The molecule has 0 aromatic carbocycles. The van der Waals surface area contributed by atoms with Gasteiger partial charge in [-0.1, -0.05) is 6.42 Å². The van der Waals surface area contributed by atoms with Crippen LogP contribution in [0.1, 0.15) is 36.3 Å². The molecule has 0 atom stereocenters. The molecule has 0 spiro atoms. The summed E-state index contributed by atoms with van der Waals surface area (Å²) in [6.45, 7) is 4.02. The van der Waals surface area contributed by atoms with Crippen LogP contribution < -0.4 is 10.5 Å². The lowest BCUT2D eigenvalue weighted by atomic mass is 9.84. The van der Waals surface area contributed by atoms with E-state index in [4.69, 9.17) is 10.2 Å². The van der Waals surface area contributed by atoms with E-state index in [1.54, 1.807) is 25.6 Å². The minimum absolute atomic E-state index is 0.0582. The van der Waals surface area contributed by atoms with Crippen molar-refractivity contribution in [2.24, 2.45) is 5.73 Å². The molecule has 0 radical (unpaired) electrons. The van der Waals surface area contributed by atoms with Gasteiger partial charge in [-0.3, -0.25) is 0 Å². The molecule has 20 heavy (non-hydrogen) atoms. The second-order valence-corrected chi connectivity index (χ2v) is 8.27. The minimum atomic E-state index is -3.57. The van der Waals surface area contributed by atoms with Crippen LogP contribution in [0.5, 0.6) is 0 Å². The van der Waals surface area contributed by atoms with Crippen molar-refractivity contribution in [2.45, 2.75) is 49.3 Å². The lowest BCUT2D eigenvalue weighted by Crippen LogP contribution is -2.45. The van der Waals surface area contributed by atoms with Gasteiger partial charge in [0.1, 0.15) is 16.4 Å². The highest BCUT2D eigenvalue weighted by molar-refractivity contribution is 8.00. The summed E-state index contributed by atoms with van der Waals surface area (Å²) in [6.07, 6.45) is 5.32. The highest BCUT2D eigenvalue weighted by Gasteiger charge is 2.38. The van der Waals surface area contributed by atoms with Crippen LogP contribution in [-0.4, -0.2) is 26.0 Å². The number of nitrogens with one attached hydrogen (secondary N) is 1. The first-order valence-corrected chi connectivity index (χ1v) is 9.40. The Kier molecular flexibility index (Phi) is 4.53. The van der Waals surface area contributed by atoms with Crippen LogP contribution in [0, 0.1) is 13.8 Å². The van der Waals surface area contributed by atoms with Crippen molar-refractivity contribution >= 4 is 21.8 Å². The number of thioether (sulfide) groups is 1. The summed E-state index contributed by atoms with van der Waals surface area (Å²) in [5, 5.41) is 0. The van der Waals surface area contributed by atoms with Crippen LogP contribution in [0.3, 0.4) is 0 Å². The molecular formula is C13H22N2O3S2. The Morgan fingerprint density at radius 2 is 2.00 bits per heavy atom. The maximum Gasteiger partial charge on any atom is 0.244 e. The second-order valence-electron chi connectivity index (χ2n) is 5.29. The number of aryl methyl sites for hydroxylation is 2. The van der Waals surface area contributed by atoms with E-state index in [2.05, 4.69) is 4.72 Å². The molecule has 1 aromatic rings. The molecular weight excluding hydrogens is 296 g/mol. The highest BCUT2D eigenvalue weighted by atomic mass is 32.2. The molecule has 0 amide bonds. The van der Waals surface area contributed by atoms with E-state index in [1.807, 2.05) is 6.26 Å². The van der Waals surface area contributed by atoms with Crippen LogP contribution >= 0.6 is 11.8 Å². The molecule has 7 heteroatoms. The van der Waals surface area contributed by atoms with Gasteiger partial charge in [0, 0.05) is 23.4 Å². The molecule has 5 nitrogen and oxygen atoms in total. The molecule has 1 saturated carbocycles. The van der Waals surface area contributed by atoms with E-state index in [0.29, 0.717) is 23.6 Å². The SMILES string of the molecule is CSC1(CNS(=O)(=O)c2c(C)oc(C)c2CN)CCC1. The van der Waals surface area contributed by atoms with Gasteiger partial charge >= 0.3 is 0 Å². The quantitative estimate of drug-likeness (QED) is 0.837. The van der Waals surface area contributed by atoms with Crippen molar-refractivity contribution < 1.29 is 12.8 Å². The molecule has 1 aromatic heterocycles. The standard InChI is InChI=1S/C13H22N2O3S2/c1-9-11(7-14)12(10(2)18-9)20(16,17)15-8-13(19-3)5-4-6-13/h15H,4-8,14H2,1-3H3. The summed E-state index contributed by atoms with van der Waals surface area (Å²) in [5.74, 6) is 0.982. The third kappa shape index (κ3) is 2.77. The van der Waals surface area contributed by atoms with Crippen LogP contribution in [0.25, 0.3) is 0 Å². The fourth-order valence-corrected chi connectivity index (χ4v) is 5.21. The van der Waals surface area contributed by atoms with Gasteiger partial charge in [-0.2, -0.15) is 11.8 Å². The van der Waals surface area contributed by atoms with Crippen LogP contribution in [0.15, 0.2) is 9.31 Å². The van der Waals surface area contributed by atoms with Crippen molar-refractivity contribution in [2.75, 3.05) is 12.8 Å². The van der Waals surface area contributed by atoms with Gasteiger partial charge in [0.15, 0.2) is 0 Å². The Bertz CT molecular complexity index is 583. The van der Waals surface area contributed by atoms with Gasteiger partial charge in [-0.15, -0.1) is 0 Å². The number of sulfonamides is 1. The van der Waals surface area contributed by atoms with Gasteiger partial charge in [0.2, 0.25) is 10.0 Å². The Hall–Kier alpha value is -0.500. The lowest BCUT2D eigenvalue weighted by molar-refractivity contribution is 0.361. The Morgan fingerprint density at radius 3 is 2.45 bits per heavy atom. The predicted octanol–water partition coefficient (Wildman–Crippen LogP) is 1.92. The summed E-state index contributed by atoms with van der Waals surface area (Å²) >= 11 is 1.74. The number of hydrogen-bond acceptors (Lipinski definition) is 5. The summed E-state index contributed by atoms with van der Waals surface area (Å²) < 4.78 is 33.2. The zero-order valence-electron chi connectivity index (χ0n) is 12.2. The van der Waals surface area contributed by atoms with Crippen molar-refractivity contribution in [3.63, 3.8) is 0 Å². The Balaban J connectivity index is 2.23. The molecule has 1 fully saturated rings. The van der Waals surface area contributed by atoms with Crippen LogP contribution in [-0.2, 0) is 16.6 Å². The molecule has 1 heterocycles. The average Bonchev–Trinajstić information content (AvgIpc) is 2.63. The monoisotopic (exact) mass is 318 g/mol. The molecule has 0 unspecified atom stereocenters. The third-order valence-electron chi connectivity index (χ3n) is 4.08. The summed E-state index contributed by atoms with van der Waals surface area (Å²) in [4.78, 5) is 0.216. The average molecular weight is 318 g/mol. The molecule has 2 rings (SSSR count). The zero-order chi connectivity index (χ0) is 15.0. The first-order valence-electron chi connectivity index (χ1n) is 6.69. The number of rotatable bonds is 6. The Morgan fingerprint density at radius 1 is 1.35 bits per heavy atom. The molecule has 0 bridgehead atoms. The zero-order valence-corrected chi connectivity index (χ0v) is 13.8. The number of furan rings is 1. The smallest absolute Gasteiger partial charge is 0.244 e. The van der Waals surface area contributed by atoms with Crippen LogP contribution in [0.4, 0.5) is 0 Å². The van der Waals surface area contributed by atoms with Crippen LogP contribution in [0.2, 0.25) is 0 Å². The fourth-order valence-electron chi connectivity index (χ4n) is 2.62. The van der Waals surface area contributed by atoms with Gasteiger partial charge in [0.05, 0.1) is 0 Å². The van der Waals surface area contributed by atoms with E-state index in [9.17, 15) is 8.42 Å². The van der Waals surface area contributed by atoms with Crippen molar-refractivity contribution in [1.29, 1.82) is 0 Å². The maximum atomic E-state index is 12.5. The summed E-state index contributed by atoms with van der Waals surface area (Å²) in [5.41, 5.74) is 6.22. The highest BCUT2D eigenvalue weighted by Crippen LogP contribution is 2.42. The van der Waals surface area contributed by atoms with Gasteiger partial charge in [-0.05, 0) is 32.9 Å². The van der Waals surface area contributed by atoms with E-state index < -0.39 is 10.0 Å². The number of nitrogens with two attached hydrogens (primary N) is 1.